The average molecular weight is 296 g/mol. The first-order valence-corrected chi connectivity index (χ1v) is 6.53. The molecule has 8 heteroatoms. The van der Waals surface area contributed by atoms with E-state index < -0.39 is 24.7 Å². The minimum Gasteiger partial charge on any atom is -0.477 e. The number of carboxylic acids is 1. The molecule has 0 saturated heterocycles. The van der Waals surface area contributed by atoms with Gasteiger partial charge in [0.25, 0.3) is 0 Å². The molecule has 0 fully saturated rings. The maximum Gasteiger partial charge on any atom is 0.406 e. The van der Waals surface area contributed by atoms with Crippen LogP contribution in [0.4, 0.5) is 18.3 Å². The Kier molecular flexibility index (Phi) is 4.78. The van der Waals surface area contributed by atoms with Crippen molar-refractivity contribution in [3.8, 4) is 0 Å². The van der Waals surface area contributed by atoms with Gasteiger partial charge in [0.05, 0.1) is 5.69 Å². The van der Waals surface area contributed by atoms with E-state index in [0.717, 1.165) is 16.2 Å². The molecule has 4 nitrogen and oxygen atoms in total. The number of nitrogens with zero attached hydrogens (tertiary/aromatic N) is 2. The summed E-state index contributed by atoms with van der Waals surface area (Å²) < 4.78 is 37.6. The van der Waals surface area contributed by atoms with Crippen molar-refractivity contribution in [1.29, 1.82) is 0 Å². The fourth-order valence-corrected chi connectivity index (χ4v) is 2.66. The number of rotatable bonds is 5. The first kappa shape index (κ1) is 15.7. The lowest BCUT2D eigenvalue weighted by Gasteiger charge is -2.27. The zero-order valence-electron chi connectivity index (χ0n) is 10.8. The fraction of sp³-hybridized carbons (Fsp3) is 0.636. The summed E-state index contributed by atoms with van der Waals surface area (Å²) in [4.78, 5) is 16.1. The Morgan fingerprint density at radius 1 is 1.47 bits per heavy atom. The second-order valence-corrected chi connectivity index (χ2v) is 5.25. The Morgan fingerprint density at radius 3 is 2.37 bits per heavy atom. The van der Waals surface area contributed by atoms with Crippen molar-refractivity contribution in [2.24, 2.45) is 0 Å². The largest absolute Gasteiger partial charge is 0.477 e. The van der Waals surface area contributed by atoms with Crippen molar-refractivity contribution < 1.29 is 23.1 Å². The van der Waals surface area contributed by atoms with Gasteiger partial charge in [-0.15, -0.1) is 0 Å². The Bertz CT molecular complexity index is 457. The topological polar surface area (TPSA) is 53.4 Å². The maximum atomic E-state index is 12.5. The summed E-state index contributed by atoms with van der Waals surface area (Å²) in [7, 11) is 0. The molecule has 0 amide bonds. The predicted molar refractivity (Wildman–Crippen MR) is 67.0 cm³/mol. The molecule has 0 aromatic carbocycles. The third-order valence-corrected chi connectivity index (χ3v) is 3.56. The van der Waals surface area contributed by atoms with Crippen LogP contribution in [-0.2, 0) is 6.42 Å². The molecule has 0 saturated carbocycles. The van der Waals surface area contributed by atoms with Crippen molar-refractivity contribution in [2.75, 3.05) is 11.4 Å². The lowest BCUT2D eigenvalue weighted by atomic mass is 10.3. The number of thiazole rings is 1. The Labute approximate surface area is 112 Å². The Hall–Kier alpha value is -1.31. The normalized spacial score (nSPS) is 11.9. The van der Waals surface area contributed by atoms with Gasteiger partial charge >= 0.3 is 12.1 Å². The van der Waals surface area contributed by atoms with Crippen molar-refractivity contribution >= 4 is 22.4 Å². The molecular weight excluding hydrogens is 281 g/mol. The molecule has 0 aliphatic carbocycles. The number of halogens is 3. The SMILES string of the molecule is CCc1nc(N(CC(F)(F)F)C(C)C)sc1C(=O)O. The van der Waals surface area contributed by atoms with Crippen LogP contribution in [0.2, 0.25) is 0 Å². The van der Waals surface area contributed by atoms with Crippen LogP contribution in [0, 0.1) is 0 Å². The molecular formula is C11H15F3N2O2S. The summed E-state index contributed by atoms with van der Waals surface area (Å²) in [6, 6.07) is -0.417. The van der Waals surface area contributed by atoms with Gasteiger partial charge in [0.2, 0.25) is 0 Å². The van der Waals surface area contributed by atoms with E-state index in [1.165, 1.54) is 0 Å². The van der Waals surface area contributed by atoms with E-state index in [1.54, 1.807) is 20.8 Å². The molecule has 1 heterocycles. The van der Waals surface area contributed by atoms with Crippen molar-refractivity contribution in [1.82, 2.24) is 4.98 Å². The van der Waals surface area contributed by atoms with Crippen LogP contribution in [0.1, 0.15) is 36.1 Å². The van der Waals surface area contributed by atoms with Crippen LogP contribution in [0.3, 0.4) is 0 Å². The van der Waals surface area contributed by atoms with Crippen molar-refractivity contribution in [3.63, 3.8) is 0 Å². The highest BCUT2D eigenvalue weighted by Gasteiger charge is 2.34. The van der Waals surface area contributed by atoms with Gasteiger partial charge in [-0.3, -0.25) is 0 Å². The van der Waals surface area contributed by atoms with Crippen molar-refractivity contribution in [3.05, 3.63) is 10.6 Å². The van der Waals surface area contributed by atoms with Gasteiger partial charge in [-0.1, -0.05) is 18.3 Å². The lowest BCUT2D eigenvalue weighted by Crippen LogP contribution is -2.39. The Morgan fingerprint density at radius 2 is 2.05 bits per heavy atom. The summed E-state index contributed by atoms with van der Waals surface area (Å²) >= 11 is 0.785. The van der Waals surface area contributed by atoms with Crippen LogP contribution in [0.15, 0.2) is 0 Å². The van der Waals surface area contributed by atoms with Gasteiger partial charge in [-0.2, -0.15) is 13.2 Å². The third kappa shape index (κ3) is 4.09. The fourth-order valence-electron chi connectivity index (χ4n) is 1.53. The summed E-state index contributed by atoms with van der Waals surface area (Å²) in [6.45, 7) is 3.80. The zero-order chi connectivity index (χ0) is 14.8. The van der Waals surface area contributed by atoms with Gasteiger partial charge in [-0.25, -0.2) is 9.78 Å². The summed E-state index contributed by atoms with van der Waals surface area (Å²) in [5.41, 5.74) is 0.320. The number of alkyl halides is 3. The molecule has 0 unspecified atom stereocenters. The number of aromatic nitrogens is 1. The number of hydrogen-bond donors (Lipinski definition) is 1. The summed E-state index contributed by atoms with van der Waals surface area (Å²) in [5, 5.41) is 9.09. The van der Waals surface area contributed by atoms with Crippen LogP contribution >= 0.6 is 11.3 Å². The number of hydrogen-bond acceptors (Lipinski definition) is 4. The average Bonchev–Trinajstić information content (AvgIpc) is 2.68. The number of aromatic carboxylic acids is 1. The molecule has 0 atom stereocenters. The Balaban J connectivity index is 3.13. The minimum absolute atomic E-state index is 0.00493. The van der Waals surface area contributed by atoms with Gasteiger partial charge in [0.15, 0.2) is 5.13 Å². The zero-order valence-corrected chi connectivity index (χ0v) is 11.6. The summed E-state index contributed by atoms with van der Waals surface area (Å²) in [6.07, 6.45) is -3.98. The molecule has 0 radical (unpaired) electrons. The molecule has 1 rings (SSSR count). The molecule has 0 bridgehead atoms. The van der Waals surface area contributed by atoms with Crippen LogP contribution < -0.4 is 4.90 Å². The van der Waals surface area contributed by atoms with E-state index in [1.807, 2.05) is 0 Å². The van der Waals surface area contributed by atoms with Gasteiger partial charge < -0.3 is 10.0 Å². The van der Waals surface area contributed by atoms with Crippen LogP contribution in [-0.4, -0.2) is 34.8 Å². The third-order valence-electron chi connectivity index (χ3n) is 2.43. The van der Waals surface area contributed by atoms with E-state index in [2.05, 4.69) is 4.98 Å². The molecule has 108 valence electrons. The number of carbonyl (C=O) groups is 1. The van der Waals surface area contributed by atoms with E-state index in [9.17, 15) is 18.0 Å². The van der Waals surface area contributed by atoms with Crippen LogP contribution in [0.5, 0.6) is 0 Å². The number of aryl methyl sites for hydroxylation is 1. The van der Waals surface area contributed by atoms with Crippen LogP contribution in [0.25, 0.3) is 0 Å². The molecule has 1 aromatic heterocycles. The molecule has 19 heavy (non-hydrogen) atoms. The molecule has 1 aromatic rings. The summed E-state index contributed by atoms with van der Waals surface area (Å²) in [5.74, 6) is -1.16. The van der Waals surface area contributed by atoms with E-state index in [4.69, 9.17) is 5.11 Å². The van der Waals surface area contributed by atoms with Gasteiger partial charge in [0, 0.05) is 6.04 Å². The molecule has 1 N–H and O–H groups in total. The van der Waals surface area contributed by atoms with Gasteiger partial charge in [-0.05, 0) is 20.3 Å². The van der Waals surface area contributed by atoms with E-state index in [0.29, 0.717) is 12.1 Å². The van der Waals surface area contributed by atoms with Crippen molar-refractivity contribution in [2.45, 2.75) is 39.4 Å². The number of carboxylic acid groups (broad SMARTS) is 1. The van der Waals surface area contributed by atoms with E-state index in [-0.39, 0.29) is 10.0 Å². The monoisotopic (exact) mass is 296 g/mol. The first-order valence-electron chi connectivity index (χ1n) is 5.72. The maximum absolute atomic E-state index is 12.5. The smallest absolute Gasteiger partial charge is 0.406 e. The molecule has 0 aliphatic rings. The lowest BCUT2D eigenvalue weighted by molar-refractivity contribution is -0.120. The standard InChI is InChI=1S/C11H15F3N2O2S/c1-4-7-8(9(17)18)19-10(15-7)16(6(2)3)5-11(12,13)14/h6H,4-5H2,1-3H3,(H,17,18). The van der Waals surface area contributed by atoms with E-state index >= 15 is 0 Å². The highest BCUT2D eigenvalue weighted by Crippen LogP contribution is 2.30. The second kappa shape index (κ2) is 5.77. The molecule has 0 aliphatic heterocycles. The quantitative estimate of drug-likeness (QED) is 0.906. The highest BCUT2D eigenvalue weighted by atomic mass is 32.1. The highest BCUT2D eigenvalue weighted by molar-refractivity contribution is 7.17. The minimum atomic E-state index is -4.36. The van der Waals surface area contributed by atoms with Gasteiger partial charge in [0.1, 0.15) is 11.4 Å². The predicted octanol–water partition coefficient (Wildman–Crippen LogP) is 3.18. The first-order chi connectivity index (χ1) is 8.65. The second-order valence-electron chi connectivity index (χ2n) is 4.27. The molecule has 0 spiro atoms. The number of anilines is 1.